The Bertz CT molecular complexity index is 856. The van der Waals surface area contributed by atoms with Crippen molar-refractivity contribution in [1.82, 2.24) is 14.5 Å². The van der Waals surface area contributed by atoms with Gasteiger partial charge in [-0.3, -0.25) is 4.99 Å². The van der Waals surface area contributed by atoms with Gasteiger partial charge in [-0.2, -0.15) is 0 Å². The highest BCUT2D eigenvalue weighted by molar-refractivity contribution is 14.0. The number of hydrogen-bond acceptors (Lipinski definition) is 6. The summed E-state index contributed by atoms with van der Waals surface area (Å²) >= 11 is 1.45. The van der Waals surface area contributed by atoms with Crippen molar-refractivity contribution in [3.63, 3.8) is 0 Å². The number of thiophene rings is 1. The van der Waals surface area contributed by atoms with Crippen molar-refractivity contribution in [2.75, 3.05) is 39.3 Å². The number of aryl methyl sites for hydroxylation is 2. The fraction of sp³-hybridized carbons (Fsp3) is 0.667. The van der Waals surface area contributed by atoms with Crippen LogP contribution >= 0.6 is 35.3 Å². The maximum Gasteiger partial charge on any atom is 0.410 e. The lowest BCUT2D eigenvalue weighted by Crippen LogP contribution is -2.53. The molecule has 0 atom stereocenters. The molecular weight excluding hydrogens is 541 g/mol. The van der Waals surface area contributed by atoms with Crippen molar-refractivity contribution >= 4 is 57.4 Å². The van der Waals surface area contributed by atoms with Crippen LogP contribution in [-0.2, 0) is 14.8 Å². The first-order valence-electron chi connectivity index (χ1n) is 9.48. The Hall–Kier alpha value is -1.12. The first-order chi connectivity index (χ1) is 13.4. The Morgan fingerprint density at radius 1 is 1.23 bits per heavy atom. The van der Waals surface area contributed by atoms with Crippen LogP contribution in [0.25, 0.3) is 0 Å². The van der Waals surface area contributed by atoms with Crippen LogP contribution in [0.5, 0.6) is 0 Å². The van der Waals surface area contributed by atoms with E-state index in [1.54, 1.807) is 17.9 Å². The van der Waals surface area contributed by atoms with Crippen molar-refractivity contribution in [3.05, 3.63) is 15.8 Å². The highest BCUT2D eigenvalue weighted by atomic mass is 127. The molecule has 12 heteroatoms. The van der Waals surface area contributed by atoms with E-state index in [1.807, 2.05) is 32.6 Å². The monoisotopic (exact) mass is 573 g/mol. The first-order valence-corrected chi connectivity index (χ1v) is 11.8. The number of amides is 1. The second kappa shape index (κ2) is 11.0. The topological polar surface area (TPSA) is 117 Å². The molecule has 0 radical (unpaired) electrons. The molecule has 1 amide bonds. The number of carbonyl (C=O) groups excluding carboxylic acids is 1. The number of guanidine groups is 1. The molecule has 1 aliphatic heterocycles. The summed E-state index contributed by atoms with van der Waals surface area (Å²) < 4.78 is 32.7. The summed E-state index contributed by atoms with van der Waals surface area (Å²) in [5.41, 5.74) is 5.50. The third-order valence-corrected chi connectivity index (χ3v) is 6.90. The second-order valence-electron chi connectivity index (χ2n) is 7.87. The molecule has 2 heterocycles. The first kappa shape index (κ1) is 26.9. The fourth-order valence-corrected chi connectivity index (χ4v) is 5.42. The van der Waals surface area contributed by atoms with E-state index in [-0.39, 0.29) is 43.2 Å². The van der Waals surface area contributed by atoms with Gasteiger partial charge in [0.1, 0.15) is 5.60 Å². The minimum Gasteiger partial charge on any atom is -0.444 e. The van der Waals surface area contributed by atoms with Gasteiger partial charge in [0.05, 0.1) is 11.4 Å². The van der Waals surface area contributed by atoms with E-state index in [1.165, 1.54) is 11.3 Å². The van der Waals surface area contributed by atoms with E-state index < -0.39 is 15.6 Å². The molecule has 1 aromatic heterocycles. The SMILES string of the molecule is Cc1cc(S(=O)(=O)NCCN=C(N)N2CCN(C(=O)OC(C)(C)C)CC2)c(C)s1.I. The Kier molecular flexibility index (Phi) is 9.83. The van der Waals surface area contributed by atoms with Gasteiger partial charge in [-0.25, -0.2) is 17.9 Å². The largest absolute Gasteiger partial charge is 0.444 e. The number of rotatable bonds is 5. The van der Waals surface area contributed by atoms with Gasteiger partial charge < -0.3 is 20.3 Å². The lowest BCUT2D eigenvalue weighted by Gasteiger charge is -2.36. The third-order valence-electron chi connectivity index (χ3n) is 4.22. The number of nitrogens with one attached hydrogen (secondary N) is 1. The van der Waals surface area contributed by atoms with Crippen molar-refractivity contribution in [2.24, 2.45) is 10.7 Å². The van der Waals surface area contributed by atoms with Gasteiger partial charge in [-0.05, 0) is 40.7 Å². The van der Waals surface area contributed by atoms with Crippen LogP contribution in [-0.4, -0.2) is 75.1 Å². The number of piperazine rings is 1. The summed E-state index contributed by atoms with van der Waals surface area (Å²) in [6.07, 6.45) is -0.332. The third kappa shape index (κ3) is 7.85. The number of nitrogens with zero attached hydrogens (tertiary/aromatic N) is 3. The molecule has 172 valence electrons. The van der Waals surface area contributed by atoms with Crippen molar-refractivity contribution in [3.8, 4) is 0 Å². The summed E-state index contributed by atoms with van der Waals surface area (Å²) in [6, 6.07) is 1.67. The van der Waals surface area contributed by atoms with E-state index in [0.29, 0.717) is 37.0 Å². The number of halogens is 1. The molecule has 9 nitrogen and oxygen atoms in total. The van der Waals surface area contributed by atoms with Crippen LogP contribution < -0.4 is 10.5 Å². The van der Waals surface area contributed by atoms with E-state index >= 15 is 0 Å². The molecule has 30 heavy (non-hydrogen) atoms. The van der Waals surface area contributed by atoms with Crippen LogP contribution in [0.4, 0.5) is 4.79 Å². The predicted molar refractivity (Wildman–Crippen MR) is 130 cm³/mol. The quantitative estimate of drug-likeness (QED) is 0.241. The molecule has 1 saturated heterocycles. The van der Waals surface area contributed by atoms with Gasteiger partial charge in [0.2, 0.25) is 10.0 Å². The fourth-order valence-electron chi connectivity index (χ4n) is 2.85. The highest BCUT2D eigenvalue weighted by Crippen LogP contribution is 2.24. The molecular formula is C18H32IN5O4S2. The van der Waals surface area contributed by atoms with E-state index in [9.17, 15) is 13.2 Å². The maximum absolute atomic E-state index is 12.4. The Balaban J connectivity index is 0.00000450. The van der Waals surface area contributed by atoms with Gasteiger partial charge in [-0.15, -0.1) is 35.3 Å². The van der Waals surface area contributed by atoms with Crippen molar-refractivity contribution < 1.29 is 17.9 Å². The molecule has 0 aromatic carbocycles. The molecule has 0 aliphatic carbocycles. The minimum absolute atomic E-state index is 0. The van der Waals surface area contributed by atoms with E-state index in [0.717, 1.165) is 9.75 Å². The van der Waals surface area contributed by atoms with Gasteiger partial charge in [0.15, 0.2) is 5.96 Å². The average molecular weight is 574 g/mol. The number of sulfonamides is 1. The minimum atomic E-state index is -3.55. The van der Waals surface area contributed by atoms with Crippen molar-refractivity contribution in [2.45, 2.75) is 45.1 Å². The van der Waals surface area contributed by atoms with Gasteiger partial charge in [0, 0.05) is 42.5 Å². The summed E-state index contributed by atoms with van der Waals surface area (Å²) in [5, 5.41) is 0. The average Bonchev–Trinajstić information content (AvgIpc) is 2.96. The van der Waals surface area contributed by atoms with Crippen LogP contribution in [0.15, 0.2) is 16.0 Å². The molecule has 3 N–H and O–H groups in total. The second-order valence-corrected chi connectivity index (χ2v) is 11.1. The van der Waals surface area contributed by atoms with E-state index in [2.05, 4.69) is 9.71 Å². The Morgan fingerprint density at radius 2 is 1.80 bits per heavy atom. The molecule has 1 aliphatic rings. The number of hydrogen-bond donors (Lipinski definition) is 2. The maximum atomic E-state index is 12.4. The normalized spacial score (nSPS) is 15.7. The predicted octanol–water partition coefficient (Wildman–Crippen LogP) is 2.13. The van der Waals surface area contributed by atoms with Crippen LogP contribution in [0.1, 0.15) is 30.5 Å². The van der Waals surface area contributed by atoms with Gasteiger partial charge >= 0.3 is 6.09 Å². The molecule has 1 fully saturated rings. The summed E-state index contributed by atoms with van der Waals surface area (Å²) in [5.74, 6) is 0.343. The van der Waals surface area contributed by atoms with Crippen LogP contribution in [0, 0.1) is 13.8 Å². The van der Waals surface area contributed by atoms with Gasteiger partial charge in [-0.1, -0.05) is 0 Å². The number of ether oxygens (including phenoxy) is 1. The van der Waals surface area contributed by atoms with Crippen LogP contribution in [0.2, 0.25) is 0 Å². The molecule has 2 rings (SSSR count). The Morgan fingerprint density at radius 3 is 2.30 bits per heavy atom. The van der Waals surface area contributed by atoms with E-state index in [4.69, 9.17) is 10.5 Å². The summed E-state index contributed by atoms with van der Waals surface area (Å²) in [6.45, 7) is 11.7. The molecule has 0 unspecified atom stereocenters. The number of carbonyl (C=O) groups is 1. The Labute approximate surface area is 200 Å². The summed E-state index contributed by atoms with van der Waals surface area (Å²) in [7, 11) is -3.55. The van der Waals surface area contributed by atoms with Gasteiger partial charge in [0.25, 0.3) is 0 Å². The number of aliphatic imine (C=N–C) groups is 1. The molecule has 0 bridgehead atoms. The zero-order valence-electron chi connectivity index (χ0n) is 18.1. The standard InChI is InChI=1S/C18H31N5O4S2.HI/c1-13-12-15(14(2)28-13)29(25,26)21-7-6-20-16(19)22-8-10-23(11-9-22)17(24)27-18(3,4)5;/h12,21H,6-11H2,1-5H3,(H2,19,20);1H. The summed E-state index contributed by atoms with van der Waals surface area (Å²) in [4.78, 5) is 21.9. The molecule has 1 aromatic rings. The highest BCUT2D eigenvalue weighted by Gasteiger charge is 2.26. The lowest BCUT2D eigenvalue weighted by molar-refractivity contribution is 0.0186. The number of nitrogens with two attached hydrogens (primary N) is 1. The van der Waals surface area contributed by atoms with Crippen LogP contribution in [0.3, 0.4) is 0 Å². The van der Waals surface area contributed by atoms with Crippen molar-refractivity contribution in [1.29, 1.82) is 0 Å². The zero-order chi connectivity index (χ0) is 21.8. The smallest absolute Gasteiger partial charge is 0.410 e. The molecule has 0 saturated carbocycles. The lowest BCUT2D eigenvalue weighted by atomic mass is 10.2. The molecule has 0 spiro atoms. The zero-order valence-corrected chi connectivity index (χ0v) is 22.1.